The average Bonchev–Trinajstić information content (AvgIpc) is 2.96. The zero-order valence-corrected chi connectivity index (χ0v) is 13.1. The molecule has 4 nitrogen and oxygen atoms in total. The van der Waals surface area contributed by atoms with E-state index in [1.165, 1.54) is 11.3 Å². The van der Waals surface area contributed by atoms with Gasteiger partial charge in [-0.15, -0.1) is 5.10 Å². The molecule has 1 N–H and O–H groups in total. The van der Waals surface area contributed by atoms with Crippen LogP contribution in [0.4, 0.5) is 0 Å². The molecule has 114 valence electrons. The molecule has 0 amide bonds. The first-order valence-corrected chi connectivity index (χ1v) is 8.00. The monoisotopic (exact) mass is 286 g/mol. The molecule has 4 heteroatoms. The van der Waals surface area contributed by atoms with E-state index in [2.05, 4.69) is 59.8 Å². The third kappa shape index (κ3) is 4.67. The maximum Gasteiger partial charge on any atom is 0.0725 e. The first kappa shape index (κ1) is 15.7. The molecule has 0 aliphatic rings. The highest BCUT2D eigenvalue weighted by atomic mass is 15.4. The Morgan fingerprint density at radius 2 is 1.95 bits per heavy atom. The van der Waals surface area contributed by atoms with Crippen LogP contribution in [0.5, 0.6) is 0 Å². The van der Waals surface area contributed by atoms with Crippen LogP contribution in [-0.2, 0) is 13.0 Å². The molecular weight excluding hydrogens is 260 g/mol. The van der Waals surface area contributed by atoms with Crippen LogP contribution in [0, 0.1) is 0 Å². The standard InChI is InChI=1S/C17H26N4/c1-3-12-18-17(15-8-6-5-7-9-15)11-10-16-14-19-20-21(16)13-4-2/h5-9,14,17-18H,3-4,10-13H2,1-2H3. The molecule has 2 aromatic rings. The molecule has 1 aromatic carbocycles. The second kappa shape index (κ2) is 8.57. The summed E-state index contributed by atoms with van der Waals surface area (Å²) < 4.78 is 2.03. The van der Waals surface area contributed by atoms with Gasteiger partial charge >= 0.3 is 0 Å². The Hall–Kier alpha value is -1.68. The second-order valence-electron chi connectivity index (χ2n) is 5.40. The number of nitrogens with one attached hydrogen (secondary N) is 1. The molecule has 0 spiro atoms. The molecule has 0 aliphatic carbocycles. The predicted octanol–water partition coefficient (Wildman–Crippen LogP) is 3.36. The molecule has 0 saturated heterocycles. The molecule has 21 heavy (non-hydrogen) atoms. The van der Waals surface area contributed by atoms with E-state index in [0.717, 1.165) is 38.8 Å². The fourth-order valence-corrected chi connectivity index (χ4v) is 2.56. The van der Waals surface area contributed by atoms with Crippen LogP contribution in [0.1, 0.15) is 50.4 Å². The lowest BCUT2D eigenvalue weighted by atomic mass is 10.0. The molecule has 0 radical (unpaired) electrons. The minimum absolute atomic E-state index is 0.399. The van der Waals surface area contributed by atoms with Gasteiger partial charge in [0.1, 0.15) is 0 Å². The Morgan fingerprint density at radius 1 is 1.14 bits per heavy atom. The van der Waals surface area contributed by atoms with Crippen molar-refractivity contribution < 1.29 is 0 Å². The summed E-state index contributed by atoms with van der Waals surface area (Å²) in [6.45, 7) is 6.37. The van der Waals surface area contributed by atoms with Gasteiger partial charge in [-0.3, -0.25) is 0 Å². The van der Waals surface area contributed by atoms with E-state index in [-0.39, 0.29) is 0 Å². The molecule has 1 aromatic heterocycles. The highest BCUT2D eigenvalue weighted by Gasteiger charge is 2.12. The Bertz CT molecular complexity index is 507. The van der Waals surface area contributed by atoms with Gasteiger partial charge in [-0.2, -0.15) is 0 Å². The minimum atomic E-state index is 0.399. The fourth-order valence-electron chi connectivity index (χ4n) is 2.56. The van der Waals surface area contributed by atoms with E-state index in [1.54, 1.807) is 0 Å². The summed E-state index contributed by atoms with van der Waals surface area (Å²) in [6.07, 6.45) is 6.22. The lowest BCUT2D eigenvalue weighted by Crippen LogP contribution is -2.23. The lowest BCUT2D eigenvalue weighted by molar-refractivity contribution is 0.482. The zero-order valence-electron chi connectivity index (χ0n) is 13.1. The van der Waals surface area contributed by atoms with Crippen LogP contribution in [0.2, 0.25) is 0 Å². The predicted molar refractivity (Wildman–Crippen MR) is 86.1 cm³/mol. The highest BCUT2D eigenvalue weighted by Crippen LogP contribution is 2.19. The van der Waals surface area contributed by atoms with Crippen molar-refractivity contribution in [2.24, 2.45) is 0 Å². The quantitative estimate of drug-likeness (QED) is 0.768. The summed E-state index contributed by atoms with van der Waals surface area (Å²) in [5.74, 6) is 0. The van der Waals surface area contributed by atoms with Crippen molar-refractivity contribution in [2.45, 2.75) is 52.1 Å². The Labute approximate surface area is 127 Å². The maximum absolute atomic E-state index is 4.17. The van der Waals surface area contributed by atoms with E-state index in [1.807, 2.05) is 10.9 Å². The summed E-state index contributed by atoms with van der Waals surface area (Å²) in [5.41, 5.74) is 2.59. The first-order chi connectivity index (χ1) is 10.3. The van der Waals surface area contributed by atoms with Crippen LogP contribution in [0.3, 0.4) is 0 Å². The number of nitrogens with zero attached hydrogens (tertiary/aromatic N) is 3. The van der Waals surface area contributed by atoms with Crippen LogP contribution < -0.4 is 5.32 Å². The molecule has 0 fully saturated rings. The van der Waals surface area contributed by atoms with Crippen molar-refractivity contribution in [1.29, 1.82) is 0 Å². The fraction of sp³-hybridized carbons (Fsp3) is 0.529. The number of aromatic nitrogens is 3. The van der Waals surface area contributed by atoms with Crippen LogP contribution in [0.15, 0.2) is 36.5 Å². The van der Waals surface area contributed by atoms with E-state index in [9.17, 15) is 0 Å². The van der Waals surface area contributed by atoms with Gasteiger partial charge in [0, 0.05) is 12.6 Å². The molecule has 2 rings (SSSR count). The number of benzene rings is 1. The van der Waals surface area contributed by atoms with Crippen LogP contribution >= 0.6 is 0 Å². The van der Waals surface area contributed by atoms with Gasteiger partial charge in [0.25, 0.3) is 0 Å². The Morgan fingerprint density at radius 3 is 2.67 bits per heavy atom. The van der Waals surface area contributed by atoms with Gasteiger partial charge in [-0.05, 0) is 37.8 Å². The molecular formula is C17H26N4. The molecule has 1 atom stereocenters. The molecule has 0 saturated carbocycles. The van der Waals surface area contributed by atoms with Crippen molar-refractivity contribution >= 4 is 0 Å². The smallest absolute Gasteiger partial charge is 0.0725 e. The molecule has 1 heterocycles. The summed E-state index contributed by atoms with van der Waals surface area (Å²) in [6, 6.07) is 11.1. The largest absolute Gasteiger partial charge is 0.310 e. The molecule has 0 aliphatic heterocycles. The van der Waals surface area contributed by atoms with Crippen molar-refractivity contribution in [1.82, 2.24) is 20.3 Å². The van der Waals surface area contributed by atoms with Gasteiger partial charge < -0.3 is 5.32 Å². The highest BCUT2D eigenvalue weighted by molar-refractivity contribution is 5.19. The van der Waals surface area contributed by atoms with Crippen molar-refractivity contribution in [3.63, 3.8) is 0 Å². The topological polar surface area (TPSA) is 42.7 Å². The summed E-state index contributed by atoms with van der Waals surface area (Å²) in [7, 11) is 0. The van der Waals surface area contributed by atoms with Crippen LogP contribution in [0.25, 0.3) is 0 Å². The number of hydrogen-bond donors (Lipinski definition) is 1. The second-order valence-corrected chi connectivity index (χ2v) is 5.40. The third-order valence-corrected chi connectivity index (χ3v) is 3.67. The lowest BCUT2D eigenvalue weighted by Gasteiger charge is -2.19. The normalized spacial score (nSPS) is 12.5. The van der Waals surface area contributed by atoms with Gasteiger partial charge in [-0.25, -0.2) is 4.68 Å². The summed E-state index contributed by atoms with van der Waals surface area (Å²) in [5, 5.41) is 11.9. The van der Waals surface area contributed by atoms with E-state index >= 15 is 0 Å². The molecule has 0 bridgehead atoms. The average molecular weight is 286 g/mol. The van der Waals surface area contributed by atoms with Crippen molar-refractivity contribution in [3.05, 3.63) is 47.8 Å². The Kier molecular flexibility index (Phi) is 6.41. The Balaban J connectivity index is 2.00. The van der Waals surface area contributed by atoms with E-state index in [0.29, 0.717) is 6.04 Å². The summed E-state index contributed by atoms with van der Waals surface area (Å²) in [4.78, 5) is 0. The minimum Gasteiger partial charge on any atom is -0.310 e. The third-order valence-electron chi connectivity index (χ3n) is 3.67. The van der Waals surface area contributed by atoms with Crippen molar-refractivity contribution in [3.8, 4) is 0 Å². The zero-order chi connectivity index (χ0) is 14.9. The first-order valence-electron chi connectivity index (χ1n) is 8.00. The number of aryl methyl sites for hydroxylation is 2. The summed E-state index contributed by atoms with van der Waals surface area (Å²) >= 11 is 0. The maximum atomic E-state index is 4.17. The number of hydrogen-bond acceptors (Lipinski definition) is 3. The molecule has 1 unspecified atom stereocenters. The SMILES string of the molecule is CCCNC(CCc1cnnn1CCC)c1ccccc1. The van der Waals surface area contributed by atoms with E-state index in [4.69, 9.17) is 0 Å². The van der Waals surface area contributed by atoms with Crippen LogP contribution in [-0.4, -0.2) is 21.5 Å². The number of rotatable bonds is 9. The van der Waals surface area contributed by atoms with Gasteiger partial charge in [-0.1, -0.05) is 49.4 Å². The van der Waals surface area contributed by atoms with Crippen molar-refractivity contribution in [2.75, 3.05) is 6.54 Å². The van der Waals surface area contributed by atoms with E-state index < -0.39 is 0 Å². The van der Waals surface area contributed by atoms with Gasteiger partial charge in [0.05, 0.1) is 11.9 Å². The van der Waals surface area contributed by atoms with Gasteiger partial charge in [0.15, 0.2) is 0 Å². The van der Waals surface area contributed by atoms with Gasteiger partial charge in [0.2, 0.25) is 0 Å².